The molecule has 3 amide bonds. The van der Waals surface area contributed by atoms with Crippen LogP contribution in [0.3, 0.4) is 0 Å². The van der Waals surface area contributed by atoms with Gasteiger partial charge in [-0.1, -0.05) is 0 Å². The third-order valence-corrected chi connectivity index (χ3v) is 2.27. The Labute approximate surface area is 286 Å². The monoisotopic (exact) mass is 823 g/mol. The van der Waals surface area contributed by atoms with Crippen LogP contribution >= 0.6 is 0 Å². The maximum Gasteiger partial charge on any atom is 2.00 e. The largest absolute Gasteiger partial charge is 2.00 e. The fraction of sp³-hybridized carbons (Fsp3) is 0.250. The Balaban J connectivity index is -0.0000000439. The van der Waals surface area contributed by atoms with Crippen LogP contribution in [0.4, 0.5) is 35.7 Å². The summed E-state index contributed by atoms with van der Waals surface area (Å²) in [4.78, 5) is 58.3. The predicted molar refractivity (Wildman–Crippen MR) is 141 cm³/mol. The van der Waals surface area contributed by atoms with Crippen molar-refractivity contribution in [2.75, 3.05) is 33.2 Å². The molecule has 0 aromatic carbocycles. The fourth-order valence-corrected chi connectivity index (χ4v) is 1.39. The zero-order valence-corrected chi connectivity index (χ0v) is 25.6. The number of amides is 3. The Morgan fingerprint density at radius 2 is 0.913 bits per heavy atom. The number of hydrogen-bond donors (Lipinski definition) is 6. The molecule has 277 valence electrons. The van der Waals surface area contributed by atoms with Gasteiger partial charge in [0.2, 0.25) is 0 Å². The van der Waals surface area contributed by atoms with Crippen molar-refractivity contribution in [1.82, 2.24) is 45.5 Å². The second-order valence-electron chi connectivity index (χ2n) is 5.47. The van der Waals surface area contributed by atoms with Gasteiger partial charge in [0.05, 0.1) is 10.2 Å². The van der Waals surface area contributed by atoms with Crippen LogP contribution in [0.15, 0.2) is 0 Å². The van der Waals surface area contributed by atoms with E-state index in [1.165, 1.54) is 20.8 Å². The van der Waals surface area contributed by atoms with Gasteiger partial charge in [0.15, 0.2) is 23.7 Å². The van der Waals surface area contributed by atoms with Crippen LogP contribution in [-0.4, -0.2) is 80.3 Å². The van der Waals surface area contributed by atoms with E-state index in [1.807, 2.05) is 0 Å². The van der Waals surface area contributed by atoms with Gasteiger partial charge in [-0.15, -0.1) is 0 Å². The molecule has 3 aromatic heterocycles. The zero-order valence-electron chi connectivity index (χ0n) is 22.8. The molecular formula is C12H28Cu3N17O14+. The van der Waals surface area contributed by atoms with E-state index in [1.54, 1.807) is 0 Å². The number of nitrogens with two attached hydrogens (primary N) is 3. The van der Waals surface area contributed by atoms with Crippen molar-refractivity contribution in [3.63, 3.8) is 0 Å². The van der Waals surface area contributed by atoms with Gasteiger partial charge in [-0.3, -0.25) is 49.8 Å². The summed E-state index contributed by atoms with van der Waals surface area (Å²) in [5, 5.41) is 56.9. The molecule has 0 aliphatic carbocycles. The molecular weight excluding hydrogens is 797 g/mol. The van der Waals surface area contributed by atoms with Gasteiger partial charge in [-0.25, -0.2) is 5.10 Å². The van der Waals surface area contributed by atoms with Crippen LogP contribution in [0.25, 0.3) is 0 Å². The molecule has 0 unspecified atom stereocenters. The molecule has 34 heteroatoms. The number of carbonyl (C=O) groups excluding carboxylic acids is 3. The molecule has 0 saturated heterocycles. The van der Waals surface area contributed by atoms with E-state index in [-0.39, 0.29) is 132 Å². The third kappa shape index (κ3) is 48.7. The summed E-state index contributed by atoms with van der Waals surface area (Å²) in [7, 11) is 0. The Morgan fingerprint density at radius 1 is 0.652 bits per heavy atom. The molecule has 31 nitrogen and oxygen atoms in total. The molecule has 0 aliphatic heterocycles. The maximum absolute atomic E-state index is 10.4. The van der Waals surface area contributed by atoms with Gasteiger partial charge in [0.1, 0.15) is 23.8 Å². The van der Waals surface area contributed by atoms with Gasteiger partial charge in [0, 0.05) is 26.7 Å². The van der Waals surface area contributed by atoms with Crippen molar-refractivity contribution in [2.45, 2.75) is 20.8 Å². The Bertz CT molecular complexity index is 1050. The number of hydrogen-bond acceptors (Lipinski definition) is 19. The molecule has 0 atom stereocenters. The molecule has 46 heavy (non-hydrogen) atoms. The first-order chi connectivity index (χ1) is 17.5. The minimum absolute atomic E-state index is 0. The minimum atomic E-state index is -1.75. The van der Waals surface area contributed by atoms with E-state index < -0.39 is 10.2 Å². The van der Waals surface area contributed by atoms with Crippen LogP contribution in [0, 0.1) is 30.6 Å². The van der Waals surface area contributed by atoms with Crippen LogP contribution < -0.4 is 48.2 Å². The molecule has 0 fully saturated rings. The van der Waals surface area contributed by atoms with Gasteiger partial charge in [-0.2, -0.15) is 0 Å². The van der Waals surface area contributed by atoms with Gasteiger partial charge in [0.25, 0.3) is 0 Å². The van der Waals surface area contributed by atoms with E-state index >= 15 is 0 Å². The molecule has 3 radical (unpaired) electrons. The van der Waals surface area contributed by atoms with E-state index in [4.69, 9.17) is 47.8 Å². The first-order valence-electron chi connectivity index (χ1n) is 8.86. The molecule has 19 N–H and O–H groups in total. The summed E-state index contributed by atoms with van der Waals surface area (Å²) in [5.41, 5.74) is 15.4. The average molecular weight is 825 g/mol. The molecule has 0 saturated carbocycles. The molecule has 3 heterocycles. The molecule has 0 spiro atoms. The summed E-state index contributed by atoms with van der Waals surface area (Å²) in [6, 6.07) is 0. The summed E-state index contributed by atoms with van der Waals surface area (Å²) in [6.45, 7) is 4.06. The van der Waals surface area contributed by atoms with Gasteiger partial charge < -0.3 is 96.2 Å². The molecule has 0 aliphatic rings. The summed E-state index contributed by atoms with van der Waals surface area (Å²) < 4.78 is 0. The number of nitrogens with zero attached hydrogens (tertiary/aromatic N) is 11. The Kier molecular flexibility index (Phi) is 56.4. The second-order valence-corrected chi connectivity index (χ2v) is 5.47. The maximum atomic E-state index is 10.4. The van der Waals surface area contributed by atoms with Gasteiger partial charge >= 0.3 is 51.2 Å². The van der Waals surface area contributed by atoms with Crippen molar-refractivity contribution in [2.24, 2.45) is 0 Å². The van der Waals surface area contributed by atoms with Crippen LogP contribution in [0.1, 0.15) is 20.8 Å². The normalized spacial score (nSPS) is 7.11. The third-order valence-electron chi connectivity index (χ3n) is 2.27. The Morgan fingerprint density at radius 3 is 1.09 bits per heavy atom. The molecule has 0 bridgehead atoms. The molecule has 3 aromatic rings. The quantitative estimate of drug-likeness (QED) is 0.0618. The van der Waals surface area contributed by atoms with E-state index in [9.17, 15) is 14.4 Å². The summed E-state index contributed by atoms with van der Waals surface area (Å²) in [6.07, 6.45) is 0. The smallest absolute Gasteiger partial charge is 0.870 e. The topological polar surface area (TPSA) is 575 Å². The number of rotatable bonds is 3. The number of anilines is 6. The fourth-order valence-electron chi connectivity index (χ4n) is 1.39. The second kappa shape index (κ2) is 38.0. The number of aromatic nitrogens is 9. The van der Waals surface area contributed by atoms with E-state index in [0.29, 0.717) is 0 Å². The minimum Gasteiger partial charge on any atom is -0.870 e. The van der Waals surface area contributed by atoms with Crippen molar-refractivity contribution in [3.8, 4) is 0 Å². The van der Waals surface area contributed by atoms with Gasteiger partial charge in [-0.05, 0) is 0 Å². The van der Waals surface area contributed by atoms with Crippen molar-refractivity contribution in [3.05, 3.63) is 30.6 Å². The SMILES string of the molecule is CC(=O)Nc1nc(N)n[n-]1.CC(=O)Nc1nnc(N)[n-]1.CC(=O)Nc1nnc(N)[n-]1.O.O.O.O=[N+]([O-])[O-].O=[N+]([O-])[O-].[Cu+2].[Cu+2].[Cu+2].[OH-].[OH3+]. The van der Waals surface area contributed by atoms with E-state index in [0.717, 1.165) is 0 Å². The van der Waals surface area contributed by atoms with Crippen molar-refractivity contribution >= 4 is 53.4 Å². The zero-order chi connectivity index (χ0) is 29.8. The van der Waals surface area contributed by atoms with Crippen LogP contribution in [0.2, 0.25) is 0 Å². The number of carbonyl (C=O) groups is 3. The van der Waals surface area contributed by atoms with Crippen molar-refractivity contribution in [1.29, 1.82) is 0 Å². The number of nitrogens with one attached hydrogen (secondary N) is 3. The first-order valence-corrected chi connectivity index (χ1v) is 8.86. The van der Waals surface area contributed by atoms with E-state index in [2.05, 4.69) is 61.5 Å². The first kappa shape index (κ1) is 68.3. The Hall–Kier alpha value is -5.01. The van der Waals surface area contributed by atoms with Crippen molar-refractivity contribution < 1.29 is 103 Å². The summed E-state index contributed by atoms with van der Waals surface area (Å²) in [5.74, 6) is -0.122. The standard InChI is InChI=1S/3C4H7N5O.3Cu.2NO3.5H2O/c3*1-2(10)6-4-7-3(5)8-9-4;;;;2*2-1(3)4;;;;;/h3*1H3,(H4,5,6,7,8,9,10);;;;;;5*1H2/q;;;3*+2;2*-1;;;;;/p-3. The van der Waals surface area contributed by atoms with Crippen LogP contribution in [0.5, 0.6) is 0 Å². The summed E-state index contributed by atoms with van der Waals surface area (Å²) >= 11 is 0. The predicted octanol–water partition coefficient (Wildman–Crippen LogP) is -7.14. The molecule has 3 rings (SSSR count). The average Bonchev–Trinajstić information content (AvgIpc) is 3.43. The number of nitrogen functional groups attached to an aromatic ring is 3. The van der Waals surface area contributed by atoms with Crippen LogP contribution in [-0.2, 0) is 71.1 Å².